The largest absolute Gasteiger partial charge is 0.460 e. The summed E-state index contributed by atoms with van der Waals surface area (Å²) in [6, 6.07) is 5.92. The molecule has 0 fully saturated rings. The fourth-order valence-corrected chi connectivity index (χ4v) is 2.29. The Hall–Kier alpha value is -3.89. The molecule has 3 N–H and O–H groups in total. The molecule has 0 aliphatic rings. The minimum absolute atomic E-state index is 0.0470. The van der Waals surface area contributed by atoms with Crippen LogP contribution in [-0.4, -0.2) is 29.3 Å². The van der Waals surface area contributed by atoms with Crippen LogP contribution in [0.1, 0.15) is 32.7 Å². The molecular weight excluding hydrogens is 392 g/mol. The Balaban J connectivity index is 1.88. The Labute approximate surface area is 162 Å². The van der Waals surface area contributed by atoms with E-state index < -0.39 is 46.6 Å². The molecule has 0 aromatic heterocycles. The summed E-state index contributed by atoms with van der Waals surface area (Å²) in [5.41, 5.74) is 4.23. The molecule has 0 saturated carbocycles. The lowest BCUT2D eigenvalue weighted by molar-refractivity contribution is -0.385. The van der Waals surface area contributed by atoms with Gasteiger partial charge in [0.25, 0.3) is 11.6 Å². The highest BCUT2D eigenvalue weighted by Gasteiger charge is 2.18. The number of nitrogens with two attached hydrogens (primary N) is 1. The fourth-order valence-electron chi connectivity index (χ4n) is 2.29. The van der Waals surface area contributed by atoms with Crippen molar-refractivity contribution in [3.8, 4) is 0 Å². The minimum Gasteiger partial charge on any atom is -0.460 e. The van der Waals surface area contributed by atoms with Crippen molar-refractivity contribution in [3.63, 3.8) is 0 Å². The molecule has 0 unspecified atom stereocenters. The van der Waals surface area contributed by atoms with Crippen LogP contribution in [0.3, 0.4) is 0 Å². The van der Waals surface area contributed by atoms with Gasteiger partial charge in [0.15, 0.2) is 0 Å². The van der Waals surface area contributed by atoms with E-state index in [0.29, 0.717) is 6.07 Å². The van der Waals surface area contributed by atoms with Crippen molar-refractivity contribution in [2.75, 3.05) is 6.54 Å². The number of nitro groups is 1. The number of benzene rings is 2. The number of nitrogens with zero attached hydrogens (tertiary/aromatic N) is 1. The molecule has 11 heteroatoms. The highest BCUT2D eigenvalue weighted by Crippen LogP contribution is 2.21. The Morgan fingerprint density at radius 3 is 2.48 bits per heavy atom. The molecule has 0 saturated heterocycles. The number of carbonyl (C=O) groups is 3. The number of nitrogens with one attached hydrogen (secondary N) is 1. The number of nitro benzene ring substituents is 1. The van der Waals surface area contributed by atoms with Gasteiger partial charge < -0.3 is 15.8 Å². The fraction of sp³-hybridized carbons (Fsp3) is 0.167. The molecule has 2 amide bonds. The van der Waals surface area contributed by atoms with Gasteiger partial charge in [-0.15, -0.1) is 0 Å². The molecule has 0 aliphatic heterocycles. The number of hydrogen-bond donors (Lipinski definition) is 2. The molecule has 0 aliphatic carbocycles. The van der Waals surface area contributed by atoms with E-state index in [4.69, 9.17) is 10.5 Å². The quantitative estimate of drug-likeness (QED) is 0.388. The number of amides is 2. The van der Waals surface area contributed by atoms with E-state index in [-0.39, 0.29) is 29.7 Å². The molecule has 0 spiro atoms. The van der Waals surface area contributed by atoms with E-state index in [1.165, 1.54) is 12.1 Å². The van der Waals surface area contributed by atoms with Crippen LogP contribution in [0.4, 0.5) is 14.5 Å². The van der Waals surface area contributed by atoms with Gasteiger partial charge in [0.1, 0.15) is 18.2 Å². The molecule has 2 aromatic rings. The number of rotatable bonds is 8. The van der Waals surface area contributed by atoms with E-state index in [1.807, 2.05) is 0 Å². The van der Waals surface area contributed by atoms with Crippen LogP contribution in [0.2, 0.25) is 0 Å². The molecule has 0 bridgehead atoms. The topological polar surface area (TPSA) is 142 Å². The maximum absolute atomic E-state index is 13.5. The normalized spacial score (nSPS) is 10.3. The van der Waals surface area contributed by atoms with E-state index in [0.717, 1.165) is 18.2 Å². The Morgan fingerprint density at radius 1 is 1.14 bits per heavy atom. The Morgan fingerprint density at radius 2 is 1.86 bits per heavy atom. The molecule has 29 heavy (non-hydrogen) atoms. The summed E-state index contributed by atoms with van der Waals surface area (Å²) >= 11 is 0. The zero-order valence-corrected chi connectivity index (χ0v) is 14.8. The van der Waals surface area contributed by atoms with E-state index in [1.54, 1.807) is 0 Å². The van der Waals surface area contributed by atoms with Crippen molar-refractivity contribution >= 4 is 23.5 Å². The summed E-state index contributed by atoms with van der Waals surface area (Å²) in [7, 11) is 0. The van der Waals surface area contributed by atoms with Crippen LogP contribution in [0.15, 0.2) is 36.4 Å². The highest BCUT2D eigenvalue weighted by atomic mass is 19.1. The summed E-state index contributed by atoms with van der Waals surface area (Å²) in [5, 5.41) is 13.4. The van der Waals surface area contributed by atoms with Crippen LogP contribution >= 0.6 is 0 Å². The first-order chi connectivity index (χ1) is 13.7. The zero-order valence-electron chi connectivity index (χ0n) is 14.8. The zero-order chi connectivity index (χ0) is 21.6. The molecule has 0 heterocycles. The first-order valence-electron chi connectivity index (χ1n) is 8.15. The number of ether oxygens (including phenoxy) is 1. The minimum atomic E-state index is -1.04. The van der Waals surface area contributed by atoms with Gasteiger partial charge >= 0.3 is 5.97 Å². The third-order valence-electron chi connectivity index (χ3n) is 3.75. The van der Waals surface area contributed by atoms with Crippen LogP contribution < -0.4 is 11.1 Å². The van der Waals surface area contributed by atoms with Gasteiger partial charge in [0, 0.05) is 24.2 Å². The van der Waals surface area contributed by atoms with E-state index >= 15 is 0 Å². The SMILES string of the molecule is NC(=O)c1ccc(COC(=O)CCNC(=O)c2ccc(F)cc2F)c([N+](=O)[O-])c1. The lowest BCUT2D eigenvalue weighted by atomic mass is 10.1. The molecular formula is C18H15F2N3O6. The Kier molecular flexibility index (Phi) is 6.90. The predicted octanol–water partition coefficient (Wildman–Crippen LogP) is 1.84. The van der Waals surface area contributed by atoms with Gasteiger partial charge in [0.05, 0.1) is 22.5 Å². The average molecular weight is 407 g/mol. The second-order valence-electron chi connectivity index (χ2n) is 5.76. The van der Waals surface area contributed by atoms with Crippen molar-refractivity contribution in [2.24, 2.45) is 5.73 Å². The second kappa shape index (κ2) is 9.35. The molecule has 2 aromatic carbocycles. The van der Waals surface area contributed by atoms with Gasteiger partial charge in [-0.3, -0.25) is 24.5 Å². The monoisotopic (exact) mass is 407 g/mol. The van der Waals surface area contributed by atoms with Crippen molar-refractivity contribution in [1.29, 1.82) is 0 Å². The highest BCUT2D eigenvalue weighted by molar-refractivity contribution is 5.94. The second-order valence-corrected chi connectivity index (χ2v) is 5.76. The van der Waals surface area contributed by atoms with Crippen molar-refractivity contribution in [2.45, 2.75) is 13.0 Å². The van der Waals surface area contributed by atoms with Crippen LogP contribution in [0, 0.1) is 21.7 Å². The molecule has 0 atom stereocenters. The lowest BCUT2D eigenvalue weighted by Gasteiger charge is -2.08. The molecule has 2 rings (SSSR count). The number of carbonyl (C=O) groups excluding carboxylic acids is 3. The maximum Gasteiger partial charge on any atom is 0.307 e. The first-order valence-corrected chi connectivity index (χ1v) is 8.15. The van der Waals surface area contributed by atoms with Crippen molar-refractivity contribution in [1.82, 2.24) is 5.32 Å². The number of halogens is 2. The summed E-state index contributed by atoms with van der Waals surface area (Å²) < 4.78 is 31.2. The Bertz CT molecular complexity index is 980. The maximum atomic E-state index is 13.5. The summed E-state index contributed by atoms with van der Waals surface area (Å²) in [5.74, 6) is -4.34. The van der Waals surface area contributed by atoms with E-state index in [9.17, 15) is 33.3 Å². The third-order valence-corrected chi connectivity index (χ3v) is 3.75. The smallest absolute Gasteiger partial charge is 0.307 e. The van der Waals surface area contributed by atoms with Crippen molar-refractivity contribution in [3.05, 3.63) is 74.8 Å². The molecule has 9 nitrogen and oxygen atoms in total. The van der Waals surface area contributed by atoms with Gasteiger partial charge in [-0.05, 0) is 24.3 Å². The number of esters is 1. The van der Waals surface area contributed by atoms with Gasteiger partial charge in [-0.25, -0.2) is 8.78 Å². The van der Waals surface area contributed by atoms with Crippen LogP contribution in [0.25, 0.3) is 0 Å². The number of hydrogen-bond acceptors (Lipinski definition) is 6. The van der Waals surface area contributed by atoms with Gasteiger partial charge in [0.2, 0.25) is 5.91 Å². The lowest BCUT2D eigenvalue weighted by Crippen LogP contribution is -2.27. The van der Waals surface area contributed by atoms with Gasteiger partial charge in [-0.2, -0.15) is 0 Å². The average Bonchev–Trinajstić information content (AvgIpc) is 2.65. The predicted molar refractivity (Wildman–Crippen MR) is 94.7 cm³/mol. The van der Waals surface area contributed by atoms with Crippen molar-refractivity contribution < 1.29 is 32.8 Å². The van der Waals surface area contributed by atoms with Crippen LogP contribution in [0.5, 0.6) is 0 Å². The summed E-state index contributed by atoms with van der Waals surface area (Å²) in [6.45, 7) is -0.633. The van der Waals surface area contributed by atoms with Crippen LogP contribution in [-0.2, 0) is 16.1 Å². The van der Waals surface area contributed by atoms with E-state index in [2.05, 4.69) is 5.32 Å². The van der Waals surface area contributed by atoms with Gasteiger partial charge in [-0.1, -0.05) is 0 Å². The summed E-state index contributed by atoms with van der Waals surface area (Å²) in [4.78, 5) is 45.0. The first kappa shape index (κ1) is 21.4. The third kappa shape index (κ3) is 5.79. The summed E-state index contributed by atoms with van der Waals surface area (Å²) in [6.07, 6.45) is -0.290. The number of primary amides is 1. The standard InChI is InChI=1S/C18H15F2N3O6/c19-12-3-4-13(14(20)8-12)18(26)22-6-5-16(24)29-9-11-2-1-10(17(21)25)7-15(11)23(27)28/h1-4,7-8H,5-6,9H2,(H2,21,25)(H,22,26). The molecule has 152 valence electrons. The molecule has 0 radical (unpaired) electrons.